The van der Waals surface area contributed by atoms with E-state index in [0.717, 1.165) is 29.7 Å². The van der Waals surface area contributed by atoms with Crippen LogP contribution in [0.4, 0.5) is 0 Å². The highest BCUT2D eigenvalue weighted by Gasteiger charge is 2.09. The molecule has 1 heterocycles. The largest absolute Gasteiger partial charge is 0.482 e. The Morgan fingerprint density at radius 2 is 1.91 bits per heavy atom. The number of benzene rings is 1. The first kappa shape index (κ1) is 16.0. The van der Waals surface area contributed by atoms with Crippen molar-refractivity contribution in [3.05, 3.63) is 58.4 Å². The number of carboxylic acid groups (broad SMARTS) is 1. The van der Waals surface area contributed by atoms with Crippen molar-refractivity contribution in [2.75, 3.05) is 6.61 Å². The molecule has 0 saturated carbocycles. The van der Waals surface area contributed by atoms with Crippen LogP contribution in [0.3, 0.4) is 0 Å². The monoisotopic (exact) mass is 299 g/mol. The minimum Gasteiger partial charge on any atom is -0.482 e. The van der Waals surface area contributed by atoms with E-state index in [1.54, 1.807) is 0 Å². The molecule has 0 aliphatic carbocycles. The summed E-state index contributed by atoms with van der Waals surface area (Å²) in [5.41, 5.74) is 5.79. The van der Waals surface area contributed by atoms with Crippen molar-refractivity contribution in [2.24, 2.45) is 0 Å². The second-order valence-electron chi connectivity index (χ2n) is 5.40. The molecule has 0 unspecified atom stereocenters. The Morgan fingerprint density at radius 3 is 2.50 bits per heavy atom. The average molecular weight is 299 g/mol. The average Bonchev–Trinajstić information content (AvgIpc) is 2.49. The molecule has 0 radical (unpaired) electrons. The minimum atomic E-state index is -0.969. The fourth-order valence-electron chi connectivity index (χ4n) is 2.50. The van der Waals surface area contributed by atoms with E-state index in [-0.39, 0.29) is 6.61 Å². The quantitative estimate of drug-likeness (QED) is 0.889. The first-order valence-electron chi connectivity index (χ1n) is 7.38. The molecule has 0 fully saturated rings. The lowest BCUT2D eigenvalue weighted by Gasteiger charge is -2.13. The number of aryl methyl sites for hydroxylation is 3. The van der Waals surface area contributed by atoms with Gasteiger partial charge in [0.1, 0.15) is 5.75 Å². The SMILES string of the molecule is CCc1cc(Cc2c(C)cc(OCC(=O)O)cc2C)ccn1. The highest BCUT2D eigenvalue weighted by molar-refractivity contribution is 5.68. The number of aromatic nitrogens is 1. The lowest BCUT2D eigenvalue weighted by Crippen LogP contribution is -2.10. The van der Waals surface area contributed by atoms with Crippen molar-refractivity contribution < 1.29 is 14.6 Å². The van der Waals surface area contributed by atoms with E-state index >= 15 is 0 Å². The molecule has 0 aliphatic rings. The fraction of sp³-hybridized carbons (Fsp3) is 0.333. The van der Waals surface area contributed by atoms with Crippen molar-refractivity contribution >= 4 is 5.97 Å². The van der Waals surface area contributed by atoms with Gasteiger partial charge in [0.2, 0.25) is 0 Å². The minimum absolute atomic E-state index is 0.317. The van der Waals surface area contributed by atoms with Crippen molar-refractivity contribution in [3.63, 3.8) is 0 Å². The van der Waals surface area contributed by atoms with Crippen LogP contribution in [0.1, 0.15) is 34.9 Å². The number of carboxylic acids is 1. The van der Waals surface area contributed by atoms with Gasteiger partial charge in [0.25, 0.3) is 0 Å². The number of pyridine rings is 1. The molecule has 2 rings (SSSR count). The standard InChI is InChI=1S/C18H21NO3/c1-4-15-9-14(5-6-19-15)10-17-12(2)7-16(8-13(17)3)22-11-18(20)21/h5-9H,4,10-11H2,1-3H3,(H,20,21). The van der Waals surface area contributed by atoms with Crippen LogP contribution < -0.4 is 4.74 Å². The van der Waals surface area contributed by atoms with Gasteiger partial charge in [-0.25, -0.2) is 4.79 Å². The number of hydrogen-bond donors (Lipinski definition) is 1. The zero-order valence-corrected chi connectivity index (χ0v) is 13.2. The Morgan fingerprint density at radius 1 is 1.23 bits per heavy atom. The van der Waals surface area contributed by atoms with Gasteiger partial charge in [0.15, 0.2) is 6.61 Å². The summed E-state index contributed by atoms with van der Waals surface area (Å²) in [4.78, 5) is 14.9. The first-order valence-corrected chi connectivity index (χ1v) is 7.38. The summed E-state index contributed by atoms with van der Waals surface area (Å²) >= 11 is 0. The lowest BCUT2D eigenvalue weighted by atomic mass is 9.96. The maximum Gasteiger partial charge on any atom is 0.341 e. The molecular formula is C18H21NO3. The predicted octanol–water partition coefficient (Wildman–Crippen LogP) is 3.32. The fourth-order valence-corrected chi connectivity index (χ4v) is 2.50. The number of rotatable bonds is 6. The molecule has 0 spiro atoms. The third-order valence-corrected chi connectivity index (χ3v) is 3.66. The number of carbonyl (C=O) groups is 1. The maximum atomic E-state index is 10.6. The molecule has 2 aromatic rings. The Hall–Kier alpha value is -2.36. The number of hydrogen-bond acceptors (Lipinski definition) is 3. The van der Waals surface area contributed by atoms with Crippen molar-refractivity contribution in [2.45, 2.75) is 33.6 Å². The molecule has 1 N–H and O–H groups in total. The first-order chi connectivity index (χ1) is 10.5. The third kappa shape index (κ3) is 4.07. The Bertz CT molecular complexity index is 657. The summed E-state index contributed by atoms with van der Waals surface area (Å²) in [5, 5.41) is 8.68. The number of aliphatic carboxylic acids is 1. The summed E-state index contributed by atoms with van der Waals surface area (Å²) in [7, 11) is 0. The van der Waals surface area contributed by atoms with E-state index in [1.165, 1.54) is 11.1 Å². The van der Waals surface area contributed by atoms with Gasteiger partial charge in [0, 0.05) is 11.9 Å². The Labute approximate surface area is 130 Å². The van der Waals surface area contributed by atoms with E-state index in [9.17, 15) is 4.79 Å². The second-order valence-corrected chi connectivity index (χ2v) is 5.40. The molecule has 0 bridgehead atoms. The van der Waals surface area contributed by atoms with Crippen molar-refractivity contribution in [1.29, 1.82) is 0 Å². The normalized spacial score (nSPS) is 10.5. The van der Waals surface area contributed by atoms with Gasteiger partial charge in [0.05, 0.1) is 0 Å². The molecule has 0 amide bonds. The molecule has 116 valence electrons. The zero-order valence-electron chi connectivity index (χ0n) is 13.2. The highest BCUT2D eigenvalue weighted by atomic mass is 16.5. The van der Waals surface area contributed by atoms with Gasteiger partial charge in [-0.1, -0.05) is 6.92 Å². The van der Waals surface area contributed by atoms with Crippen LogP contribution in [-0.4, -0.2) is 22.7 Å². The topological polar surface area (TPSA) is 59.4 Å². The smallest absolute Gasteiger partial charge is 0.341 e. The number of nitrogens with zero attached hydrogens (tertiary/aromatic N) is 1. The lowest BCUT2D eigenvalue weighted by molar-refractivity contribution is -0.139. The van der Waals surface area contributed by atoms with E-state index in [2.05, 4.69) is 18.0 Å². The zero-order chi connectivity index (χ0) is 16.1. The van der Waals surface area contributed by atoms with E-state index in [1.807, 2.05) is 38.2 Å². The number of ether oxygens (including phenoxy) is 1. The van der Waals surface area contributed by atoms with Crippen molar-refractivity contribution in [1.82, 2.24) is 4.98 Å². The second kappa shape index (κ2) is 7.07. The van der Waals surface area contributed by atoms with Gasteiger partial charge in [-0.3, -0.25) is 4.98 Å². The summed E-state index contributed by atoms with van der Waals surface area (Å²) < 4.78 is 5.26. The summed E-state index contributed by atoms with van der Waals surface area (Å²) in [6.45, 7) is 5.83. The van der Waals surface area contributed by atoms with Crippen LogP contribution in [0, 0.1) is 13.8 Å². The van der Waals surface area contributed by atoms with Crippen LogP contribution in [0.15, 0.2) is 30.5 Å². The van der Waals surface area contributed by atoms with Gasteiger partial charge < -0.3 is 9.84 Å². The molecular weight excluding hydrogens is 278 g/mol. The summed E-state index contributed by atoms with van der Waals surface area (Å²) in [6.07, 6.45) is 3.61. The van der Waals surface area contributed by atoms with Crippen LogP contribution in [0.25, 0.3) is 0 Å². The molecule has 4 heteroatoms. The van der Waals surface area contributed by atoms with Gasteiger partial charge in [-0.05, 0) is 73.2 Å². The van der Waals surface area contributed by atoms with Crippen LogP contribution in [-0.2, 0) is 17.6 Å². The van der Waals surface area contributed by atoms with E-state index < -0.39 is 5.97 Å². The predicted molar refractivity (Wildman–Crippen MR) is 85.5 cm³/mol. The van der Waals surface area contributed by atoms with Crippen molar-refractivity contribution in [3.8, 4) is 5.75 Å². The van der Waals surface area contributed by atoms with Gasteiger partial charge in [-0.2, -0.15) is 0 Å². The van der Waals surface area contributed by atoms with E-state index in [0.29, 0.717) is 5.75 Å². The summed E-state index contributed by atoms with van der Waals surface area (Å²) in [6, 6.07) is 7.96. The molecule has 0 atom stereocenters. The van der Waals surface area contributed by atoms with Crippen LogP contribution in [0.5, 0.6) is 5.75 Å². The third-order valence-electron chi connectivity index (χ3n) is 3.66. The van der Waals surface area contributed by atoms with Gasteiger partial charge >= 0.3 is 5.97 Å². The maximum absolute atomic E-state index is 10.6. The molecule has 0 saturated heterocycles. The molecule has 0 aliphatic heterocycles. The molecule has 1 aromatic heterocycles. The van der Waals surface area contributed by atoms with E-state index in [4.69, 9.17) is 9.84 Å². The molecule has 4 nitrogen and oxygen atoms in total. The Balaban J connectivity index is 2.22. The highest BCUT2D eigenvalue weighted by Crippen LogP contribution is 2.24. The van der Waals surface area contributed by atoms with Gasteiger partial charge in [-0.15, -0.1) is 0 Å². The molecule has 22 heavy (non-hydrogen) atoms. The van der Waals surface area contributed by atoms with Crippen LogP contribution >= 0.6 is 0 Å². The van der Waals surface area contributed by atoms with Crippen LogP contribution in [0.2, 0.25) is 0 Å². The summed E-state index contributed by atoms with van der Waals surface area (Å²) in [5.74, 6) is -0.367. The Kier molecular flexibility index (Phi) is 5.15. The molecule has 1 aromatic carbocycles.